The number of aliphatic hydroxyl groups is 1. The molecule has 0 aromatic heterocycles. The van der Waals surface area contributed by atoms with Gasteiger partial charge in [0, 0.05) is 12.8 Å². The maximum atomic E-state index is 12.6. The molecule has 0 saturated heterocycles. The van der Waals surface area contributed by atoms with E-state index in [-0.39, 0.29) is 26.1 Å². The van der Waals surface area contributed by atoms with Crippen LogP contribution < -0.4 is 4.89 Å². The smallest absolute Gasteiger partial charge is 0.306 e. The maximum absolute atomic E-state index is 12.6. The average Bonchev–Trinajstić information content (AvgIpc) is 3.12. The summed E-state index contributed by atoms with van der Waals surface area (Å²) in [5.74, 6) is -0.976. The number of hydrogen-bond acceptors (Lipinski definition) is 9. The van der Waals surface area contributed by atoms with Gasteiger partial charge < -0.3 is 33.0 Å². The highest BCUT2D eigenvalue weighted by atomic mass is 31.2. The Hall–Kier alpha value is -2.85. The number of esters is 2. The maximum Gasteiger partial charge on any atom is 0.306 e. The van der Waals surface area contributed by atoms with Crippen LogP contribution in [0.25, 0.3) is 0 Å². The molecular weight excluding hydrogens is 717 g/mol. The Kier molecular flexibility index (Phi) is 33.7. The van der Waals surface area contributed by atoms with E-state index in [0.717, 1.165) is 64.2 Å². The molecule has 55 heavy (non-hydrogen) atoms. The Morgan fingerprint density at radius 2 is 1.31 bits per heavy atom. The average molecular weight is 792 g/mol. The van der Waals surface area contributed by atoms with Gasteiger partial charge in [-0.2, -0.15) is 0 Å². The highest BCUT2D eigenvalue weighted by Gasteiger charge is 2.21. The molecule has 0 rings (SSSR count). The minimum absolute atomic E-state index is 0.0573. The van der Waals surface area contributed by atoms with Crippen molar-refractivity contribution in [3.05, 3.63) is 85.1 Å². The van der Waals surface area contributed by atoms with Crippen LogP contribution in [0, 0.1) is 0 Å². The standard InChI is InChI=1S/C44H74NO9P/c1-6-8-10-11-12-13-17-21-24-27-31-35-43(47)51-39-42(40-53-55(49,50)52-38-37-45(3,4)5)54-44(48)36-32-28-25-22-19-16-14-15-18-20-23-26-30-34-41(46)33-29-9-7-2/h9,11-12,15-16,18-19,23,25-26,28-30,34,41-42,46H,6-8,10,13-14,17,20-22,24,27,31-33,35-40H2,1-5H3/b12-11-,18-15-,19-16-,26-23+,28-25-,29-9-,34-30+/t41?,42-/m1/s1. The van der Waals surface area contributed by atoms with Gasteiger partial charge in [0.1, 0.15) is 19.8 Å². The summed E-state index contributed by atoms with van der Waals surface area (Å²) in [4.78, 5) is 37.4. The lowest BCUT2D eigenvalue weighted by molar-refractivity contribution is -0.870. The summed E-state index contributed by atoms with van der Waals surface area (Å²) in [5, 5.41) is 9.84. The van der Waals surface area contributed by atoms with Crippen molar-refractivity contribution < 1.29 is 47.2 Å². The zero-order valence-electron chi connectivity index (χ0n) is 34.7. The molecule has 0 aliphatic heterocycles. The Bertz CT molecular complexity index is 1230. The van der Waals surface area contributed by atoms with Crippen LogP contribution in [-0.4, -0.2) is 81.2 Å². The van der Waals surface area contributed by atoms with Gasteiger partial charge in [0.25, 0.3) is 7.82 Å². The number of phosphoric acid groups is 1. The minimum Gasteiger partial charge on any atom is -0.756 e. The van der Waals surface area contributed by atoms with E-state index in [4.69, 9.17) is 18.5 Å². The molecule has 0 saturated carbocycles. The third-order valence-corrected chi connectivity index (χ3v) is 8.96. The van der Waals surface area contributed by atoms with Crippen LogP contribution in [-0.2, 0) is 32.7 Å². The second kappa shape index (κ2) is 35.6. The van der Waals surface area contributed by atoms with E-state index < -0.39 is 38.6 Å². The number of unbranched alkanes of at least 4 members (excludes halogenated alkanes) is 7. The molecule has 0 fully saturated rings. The first-order valence-corrected chi connectivity index (χ1v) is 21.9. The zero-order chi connectivity index (χ0) is 40.9. The first kappa shape index (κ1) is 52.2. The molecule has 0 aromatic rings. The van der Waals surface area contributed by atoms with Gasteiger partial charge in [-0.15, -0.1) is 0 Å². The summed E-state index contributed by atoms with van der Waals surface area (Å²) >= 11 is 0. The van der Waals surface area contributed by atoms with Gasteiger partial charge in [-0.25, -0.2) is 0 Å². The number of quaternary nitrogens is 1. The van der Waals surface area contributed by atoms with Crippen molar-refractivity contribution in [1.29, 1.82) is 0 Å². The molecule has 0 bridgehead atoms. The second-order valence-corrected chi connectivity index (χ2v) is 15.9. The Labute approximate surface area is 333 Å². The Morgan fingerprint density at radius 1 is 0.691 bits per heavy atom. The molecule has 0 aromatic carbocycles. The molecular formula is C44H74NO9P. The minimum atomic E-state index is -4.66. The van der Waals surface area contributed by atoms with Crippen molar-refractivity contribution in [2.75, 3.05) is 47.5 Å². The summed E-state index contributed by atoms with van der Waals surface area (Å²) in [6.07, 6.45) is 41.0. The number of rotatable bonds is 35. The molecule has 314 valence electrons. The first-order chi connectivity index (χ1) is 26.4. The topological polar surface area (TPSA) is 131 Å². The van der Waals surface area contributed by atoms with E-state index in [1.807, 2.05) is 69.8 Å². The Morgan fingerprint density at radius 3 is 1.98 bits per heavy atom. The van der Waals surface area contributed by atoms with Crippen molar-refractivity contribution in [2.24, 2.45) is 0 Å². The van der Waals surface area contributed by atoms with Crippen molar-refractivity contribution in [1.82, 2.24) is 0 Å². The second-order valence-electron chi connectivity index (χ2n) is 14.5. The van der Waals surface area contributed by atoms with Gasteiger partial charge in [-0.05, 0) is 64.2 Å². The van der Waals surface area contributed by atoms with Crippen molar-refractivity contribution in [3.8, 4) is 0 Å². The van der Waals surface area contributed by atoms with E-state index in [9.17, 15) is 24.2 Å². The number of carbonyl (C=O) groups is 2. The molecule has 3 atom stereocenters. The van der Waals surface area contributed by atoms with Crippen LogP contribution in [0.1, 0.15) is 123 Å². The monoisotopic (exact) mass is 792 g/mol. The van der Waals surface area contributed by atoms with Crippen LogP contribution in [0.5, 0.6) is 0 Å². The predicted octanol–water partition coefficient (Wildman–Crippen LogP) is 9.58. The number of ether oxygens (including phenoxy) is 2. The van der Waals surface area contributed by atoms with Crippen molar-refractivity contribution >= 4 is 19.8 Å². The van der Waals surface area contributed by atoms with Crippen LogP contribution in [0.2, 0.25) is 0 Å². The fourth-order valence-corrected chi connectivity index (χ4v) is 5.47. The number of hydrogen-bond donors (Lipinski definition) is 1. The summed E-state index contributed by atoms with van der Waals surface area (Å²) < 4.78 is 33.6. The Balaban J connectivity index is 4.60. The SMILES string of the molecule is CC/C=C\CC(O)/C=C/C=C/C/C=C\C/C=C\C/C=C\CCC(=O)O[C@H](COC(=O)CCCCCCC/C=C\CCCC)COP(=O)([O-])OCC[N+](C)(C)C. The molecule has 1 N–H and O–H groups in total. The van der Waals surface area contributed by atoms with Gasteiger partial charge in [-0.3, -0.25) is 14.2 Å². The molecule has 11 heteroatoms. The van der Waals surface area contributed by atoms with Crippen LogP contribution in [0.15, 0.2) is 85.1 Å². The van der Waals surface area contributed by atoms with Crippen molar-refractivity contribution in [3.63, 3.8) is 0 Å². The highest BCUT2D eigenvalue weighted by Crippen LogP contribution is 2.38. The number of nitrogens with zero attached hydrogens (tertiary/aromatic N) is 1. The van der Waals surface area contributed by atoms with E-state index in [1.54, 1.807) is 6.08 Å². The number of allylic oxidation sites excluding steroid dienone is 12. The lowest BCUT2D eigenvalue weighted by Gasteiger charge is -2.28. The van der Waals surface area contributed by atoms with E-state index in [0.29, 0.717) is 30.3 Å². The fraction of sp³-hybridized carbons (Fsp3) is 0.636. The third kappa shape index (κ3) is 39.2. The molecule has 10 nitrogen and oxygen atoms in total. The van der Waals surface area contributed by atoms with Gasteiger partial charge in [-0.1, -0.05) is 131 Å². The first-order valence-electron chi connectivity index (χ1n) is 20.4. The molecule has 2 unspecified atom stereocenters. The van der Waals surface area contributed by atoms with Gasteiger partial charge in [0.05, 0.1) is 33.9 Å². The summed E-state index contributed by atoms with van der Waals surface area (Å²) in [5.41, 5.74) is 0. The molecule has 0 amide bonds. The molecule has 0 heterocycles. The lowest BCUT2D eigenvalue weighted by atomic mass is 10.1. The van der Waals surface area contributed by atoms with E-state index >= 15 is 0 Å². The quantitative estimate of drug-likeness (QED) is 0.0167. The fourth-order valence-electron chi connectivity index (χ4n) is 4.74. The summed E-state index contributed by atoms with van der Waals surface area (Å²) in [7, 11) is 1.07. The van der Waals surface area contributed by atoms with Gasteiger partial charge in [0.15, 0.2) is 6.10 Å². The van der Waals surface area contributed by atoms with Crippen LogP contribution in [0.4, 0.5) is 0 Å². The summed E-state index contributed by atoms with van der Waals surface area (Å²) in [6.45, 7) is 3.83. The normalized spacial score (nSPS) is 15.1. The molecule has 0 aliphatic rings. The van der Waals surface area contributed by atoms with E-state index in [1.165, 1.54) is 12.8 Å². The predicted molar refractivity (Wildman–Crippen MR) is 223 cm³/mol. The number of phosphoric ester groups is 1. The number of aliphatic hydroxyl groups excluding tert-OH is 1. The molecule has 0 radical (unpaired) electrons. The third-order valence-electron chi connectivity index (χ3n) is 7.99. The summed E-state index contributed by atoms with van der Waals surface area (Å²) in [6, 6.07) is 0. The largest absolute Gasteiger partial charge is 0.756 e. The lowest BCUT2D eigenvalue weighted by Crippen LogP contribution is -2.37. The number of carbonyl (C=O) groups excluding carboxylic acids is 2. The zero-order valence-corrected chi connectivity index (χ0v) is 35.6. The number of likely N-dealkylation sites (N-methyl/N-ethyl adjacent to an activating group) is 1. The van der Waals surface area contributed by atoms with Gasteiger partial charge >= 0.3 is 11.9 Å². The van der Waals surface area contributed by atoms with Crippen molar-refractivity contribution in [2.45, 2.75) is 135 Å². The molecule has 0 spiro atoms. The van der Waals surface area contributed by atoms with Crippen LogP contribution >= 0.6 is 7.82 Å². The van der Waals surface area contributed by atoms with Gasteiger partial charge in [0.2, 0.25) is 0 Å². The van der Waals surface area contributed by atoms with E-state index in [2.05, 4.69) is 44.2 Å². The molecule has 0 aliphatic carbocycles. The highest BCUT2D eigenvalue weighted by molar-refractivity contribution is 7.45. The van der Waals surface area contributed by atoms with Crippen LogP contribution in [0.3, 0.4) is 0 Å².